The predicted molar refractivity (Wildman–Crippen MR) is 108 cm³/mol. The zero-order valence-electron chi connectivity index (χ0n) is 16.0. The van der Waals surface area contributed by atoms with Crippen LogP contribution in [0.5, 0.6) is 0 Å². The minimum Gasteiger partial charge on any atom is -0.324 e. The van der Waals surface area contributed by atoms with Crippen LogP contribution in [0.2, 0.25) is 0 Å². The SMILES string of the molecule is Cc1ccc(CN2CCSCC2)cc1NC(=O)Cn1cccc(C(F)(F)F)c1=O. The first-order chi connectivity index (χ1) is 13.7. The molecule has 9 heteroatoms. The van der Waals surface area contributed by atoms with Gasteiger partial charge in [0.05, 0.1) is 0 Å². The van der Waals surface area contributed by atoms with Gasteiger partial charge in [0, 0.05) is 43.0 Å². The third-order valence-corrected chi connectivity index (χ3v) is 5.67. The lowest BCUT2D eigenvalue weighted by Crippen LogP contribution is -2.32. The molecule has 1 N–H and O–H groups in total. The van der Waals surface area contributed by atoms with Crippen LogP contribution < -0.4 is 10.9 Å². The average Bonchev–Trinajstić information content (AvgIpc) is 2.66. The van der Waals surface area contributed by atoms with Crippen LogP contribution in [0.15, 0.2) is 41.3 Å². The normalized spacial score (nSPS) is 15.3. The maximum atomic E-state index is 12.9. The highest BCUT2D eigenvalue weighted by Gasteiger charge is 2.34. The number of carbonyl (C=O) groups excluding carboxylic acids is 1. The van der Waals surface area contributed by atoms with Crippen molar-refractivity contribution in [3.8, 4) is 0 Å². The summed E-state index contributed by atoms with van der Waals surface area (Å²) in [5.74, 6) is 1.64. The van der Waals surface area contributed by atoms with Gasteiger partial charge in [-0.25, -0.2) is 0 Å². The molecule has 0 radical (unpaired) electrons. The van der Waals surface area contributed by atoms with E-state index in [-0.39, 0.29) is 0 Å². The Labute approximate surface area is 170 Å². The number of hydrogen-bond donors (Lipinski definition) is 1. The summed E-state index contributed by atoms with van der Waals surface area (Å²) in [6, 6.07) is 7.61. The smallest absolute Gasteiger partial charge is 0.324 e. The second kappa shape index (κ2) is 9.04. The molecule has 1 aliphatic heterocycles. The number of aromatic nitrogens is 1. The molecule has 2 heterocycles. The molecule has 0 spiro atoms. The first-order valence-electron chi connectivity index (χ1n) is 9.20. The second-order valence-electron chi connectivity index (χ2n) is 6.94. The van der Waals surface area contributed by atoms with E-state index in [0.29, 0.717) is 11.8 Å². The minimum absolute atomic E-state index is 0.490. The number of benzene rings is 1. The van der Waals surface area contributed by atoms with Crippen LogP contribution in [0.4, 0.5) is 18.9 Å². The summed E-state index contributed by atoms with van der Waals surface area (Å²) in [6.45, 7) is 4.15. The molecule has 5 nitrogen and oxygen atoms in total. The Hall–Kier alpha value is -2.26. The first kappa shape index (κ1) is 21.4. The number of amides is 1. The molecule has 1 aromatic carbocycles. The van der Waals surface area contributed by atoms with E-state index in [0.717, 1.165) is 52.9 Å². The molecule has 0 saturated carbocycles. The molecule has 0 unspecified atom stereocenters. The lowest BCUT2D eigenvalue weighted by molar-refractivity contribution is -0.139. The Kier molecular flexibility index (Phi) is 6.69. The van der Waals surface area contributed by atoms with E-state index in [2.05, 4.69) is 10.2 Å². The van der Waals surface area contributed by atoms with Crippen molar-refractivity contribution in [3.63, 3.8) is 0 Å². The van der Waals surface area contributed by atoms with Gasteiger partial charge >= 0.3 is 6.18 Å². The van der Waals surface area contributed by atoms with Crippen LogP contribution >= 0.6 is 11.8 Å². The monoisotopic (exact) mass is 425 g/mol. The lowest BCUT2D eigenvalue weighted by atomic mass is 10.1. The second-order valence-corrected chi connectivity index (χ2v) is 8.16. The fourth-order valence-corrected chi connectivity index (χ4v) is 4.12. The molecule has 2 aromatic rings. The van der Waals surface area contributed by atoms with Crippen molar-refractivity contribution < 1.29 is 18.0 Å². The number of pyridine rings is 1. The average molecular weight is 425 g/mol. The Morgan fingerprint density at radius 1 is 1.21 bits per heavy atom. The van der Waals surface area contributed by atoms with Crippen molar-refractivity contribution in [1.29, 1.82) is 0 Å². The number of rotatable bonds is 5. The molecule has 1 aliphatic rings. The van der Waals surface area contributed by atoms with E-state index in [1.54, 1.807) is 0 Å². The Balaban J connectivity index is 1.71. The molecule has 0 aliphatic carbocycles. The van der Waals surface area contributed by atoms with E-state index in [4.69, 9.17) is 0 Å². The number of anilines is 1. The maximum absolute atomic E-state index is 12.9. The van der Waals surface area contributed by atoms with Gasteiger partial charge in [-0.15, -0.1) is 0 Å². The highest BCUT2D eigenvalue weighted by molar-refractivity contribution is 7.99. The Bertz CT molecular complexity index is 937. The van der Waals surface area contributed by atoms with Crippen LogP contribution in [0.3, 0.4) is 0 Å². The van der Waals surface area contributed by atoms with Crippen molar-refractivity contribution in [2.45, 2.75) is 26.2 Å². The van der Waals surface area contributed by atoms with E-state index in [1.807, 2.05) is 36.9 Å². The molecular formula is C20H22F3N3O2S. The van der Waals surface area contributed by atoms with Gasteiger partial charge in [0.25, 0.3) is 5.56 Å². The van der Waals surface area contributed by atoms with Crippen LogP contribution in [0.25, 0.3) is 0 Å². The number of hydrogen-bond acceptors (Lipinski definition) is 4. The van der Waals surface area contributed by atoms with E-state index >= 15 is 0 Å². The van der Waals surface area contributed by atoms with Crippen LogP contribution in [0, 0.1) is 6.92 Å². The van der Waals surface area contributed by atoms with E-state index in [9.17, 15) is 22.8 Å². The van der Waals surface area contributed by atoms with Gasteiger partial charge in [0.1, 0.15) is 12.1 Å². The van der Waals surface area contributed by atoms with Crippen molar-refractivity contribution in [1.82, 2.24) is 9.47 Å². The zero-order chi connectivity index (χ0) is 21.0. The Morgan fingerprint density at radius 2 is 1.93 bits per heavy atom. The zero-order valence-corrected chi connectivity index (χ0v) is 16.8. The number of halogens is 3. The molecule has 29 heavy (non-hydrogen) atoms. The first-order valence-corrected chi connectivity index (χ1v) is 10.4. The van der Waals surface area contributed by atoms with Crippen molar-refractivity contribution in [2.75, 3.05) is 29.9 Å². The molecule has 0 atom stereocenters. The third-order valence-electron chi connectivity index (χ3n) is 4.73. The summed E-state index contributed by atoms with van der Waals surface area (Å²) in [4.78, 5) is 26.7. The Morgan fingerprint density at radius 3 is 2.62 bits per heavy atom. The molecule has 1 fully saturated rings. The molecule has 1 saturated heterocycles. The summed E-state index contributed by atoms with van der Waals surface area (Å²) in [5, 5.41) is 2.72. The fraction of sp³-hybridized carbons (Fsp3) is 0.400. The predicted octanol–water partition coefficient (Wildman–Crippen LogP) is 3.36. The number of alkyl halides is 3. The van der Waals surface area contributed by atoms with Crippen LogP contribution in [-0.4, -0.2) is 40.0 Å². The molecule has 0 bridgehead atoms. The van der Waals surface area contributed by atoms with Gasteiger partial charge in [-0.3, -0.25) is 14.5 Å². The summed E-state index contributed by atoms with van der Waals surface area (Å²) in [5.41, 5.74) is -0.0325. The van der Waals surface area contributed by atoms with Gasteiger partial charge in [0.15, 0.2) is 0 Å². The highest BCUT2D eigenvalue weighted by Crippen LogP contribution is 2.26. The van der Waals surface area contributed by atoms with Crippen LogP contribution in [-0.2, 0) is 24.1 Å². The summed E-state index contributed by atoms with van der Waals surface area (Å²) >= 11 is 1.93. The standard InChI is InChI=1S/C20H22F3N3O2S/c1-14-4-5-15(12-25-7-9-29-10-8-25)11-17(14)24-18(27)13-26-6-2-3-16(19(26)28)20(21,22)23/h2-6,11H,7-10,12-13H2,1H3,(H,24,27). The lowest BCUT2D eigenvalue weighted by Gasteiger charge is -2.26. The van der Waals surface area contributed by atoms with Crippen LogP contribution in [0.1, 0.15) is 16.7 Å². The number of aryl methyl sites for hydroxylation is 1. The molecular weight excluding hydrogens is 403 g/mol. The quantitative estimate of drug-likeness (QED) is 0.798. The summed E-state index contributed by atoms with van der Waals surface area (Å²) in [6.07, 6.45) is -3.58. The number of nitrogens with zero attached hydrogens (tertiary/aromatic N) is 2. The molecule has 3 rings (SSSR count). The third kappa shape index (κ3) is 5.63. The number of carbonyl (C=O) groups is 1. The van der Waals surface area contributed by atoms with Gasteiger partial charge in [-0.2, -0.15) is 24.9 Å². The molecule has 1 amide bonds. The van der Waals surface area contributed by atoms with Crippen molar-refractivity contribution in [3.05, 3.63) is 63.6 Å². The number of thioether (sulfide) groups is 1. The van der Waals surface area contributed by atoms with Gasteiger partial charge in [-0.1, -0.05) is 12.1 Å². The topological polar surface area (TPSA) is 54.3 Å². The van der Waals surface area contributed by atoms with Crippen molar-refractivity contribution in [2.24, 2.45) is 0 Å². The largest absolute Gasteiger partial charge is 0.421 e. The molecule has 156 valence electrons. The highest BCUT2D eigenvalue weighted by atomic mass is 32.2. The fourth-order valence-electron chi connectivity index (χ4n) is 3.14. The van der Waals surface area contributed by atoms with Crippen molar-refractivity contribution >= 4 is 23.4 Å². The van der Waals surface area contributed by atoms with Gasteiger partial charge < -0.3 is 9.88 Å². The number of nitrogens with one attached hydrogen (secondary N) is 1. The minimum atomic E-state index is -4.76. The van der Waals surface area contributed by atoms with E-state index < -0.39 is 29.8 Å². The van der Waals surface area contributed by atoms with E-state index in [1.165, 1.54) is 6.20 Å². The maximum Gasteiger partial charge on any atom is 0.421 e. The molecule has 1 aromatic heterocycles. The summed E-state index contributed by atoms with van der Waals surface area (Å²) in [7, 11) is 0. The van der Waals surface area contributed by atoms with Gasteiger partial charge in [-0.05, 0) is 36.2 Å². The summed E-state index contributed by atoms with van der Waals surface area (Å²) < 4.78 is 39.4. The van der Waals surface area contributed by atoms with Gasteiger partial charge in [0.2, 0.25) is 5.91 Å².